The fourth-order valence-electron chi connectivity index (χ4n) is 11.3. The lowest BCUT2D eigenvalue weighted by Gasteiger charge is -2.64. The number of likely N-dealkylation sites (N-methyl/N-ethyl adjacent to an activating group) is 1. The number of fused-ring (bicyclic) bond motifs is 11. The Morgan fingerprint density at radius 3 is 2.21 bits per heavy atom. The van der Waals surface area contributed by atoms with Crippen LogP contribution >= 0.6 is 11.8 Å². The van der Waals surface area contributed by atoms with E-state index in [0.29, 0.717) is 22.4 Å². The van der Waals surface area contributed by atoms with Gasteiger partial charge in [0.25, 0.3) is 0 Å². The van der Waals surface area contributed by atoms with Crippen LogP contribution in [0, 0.1) is 13.8 Å². The third-order valence-corrected chi connectivity index (χ3v) is 14.3. The number of rotatable bonds is 4. The Morgan fingerprint density at radius 1 is 1.00 bits per heavy atom. The summed E-state index contributed by atoms with van der Waals surface area (Å²) in [7, 11) is 4.93. The molecular formula is C38H75N3O10S. The van der Waals surface area contributed by atoms with E-state index in [1.54, 1.807) is 27.7 Å². The van der Waals surface area contributed by atoms with Crippen molar-refractivity contribution < 1.29 is 67.2 Å². The van der Waals surface area contributed by atoms with Crippen molar-refractivity contribution >= 4 is 29.6 Å². The number of carbonyl (C=O) groups is 3. The molecule has 0 radical (unpaired) electrons. The Bertz CT molecular complexity index is 1990. The zero-order chi connectivity index (χ0) is 38.4. The highest BCUT2D eigenvalue weighted by Crippen LogP contribution is 2.76. The van der Waals surface area contributed by atoms with Crippen molar-refractivity contribution in [3.8, 4) is 28.7 Å². The Morgan fingerprint density at radius 2 is 1.63 bits per heavy atom. The fraction of sp³-hybridized carbons (Fsp3) is 0.605. The van der Waals surface area contributed by atoms with Crippen LogP contribution in [-0.2, 0) is 30.0 Å². The van der Waals surface area contributed by atoms with Crippen molar-refractivity contribution in [3.63, 3.8) is 0 Å². The van der Waals surface area contributed by atoms with Gasteiger partial charge in [0, 0.05) is 83.3 Å². The lowest BCUT2D eigenvalue weighted by atomic mass is 9.44. The minimum atomic E-state index is -1.66. The number of aromatic hydroxyl groups is 2. The van der Waals surface area contributed by atoms with Gasteiger partial charge in [-0.15, -0.1) is 11.8 Å². The molecule has 4 aliphatic heterocycles. The van der Waals surface area contributed by atoms with Crippen LogP contribution in [0.2, 0.25) is 0 Å². The van der Waals surface area contributed by atoms with Crippen LogP contribution in [0.3, 0.4) is 0 Å². The molecule has 9 atom stereocenters. The molecule has 0 aromatic heterocycles. The molecule has 14 heteroatoms. The summed E-state index contributed by atoms with van der Waals surface area (Å²) in [6.45, 7) is 15.7. The van der Waals surface area contributed by atoms with Crippen molar-refractivity contribution in [2.75, 3.05) is 27.0 Å². The zero-order valence-corrected chi connectivity index (χ0v) is 32.6. The third kappa shape index (κ3) is 4.26. The molecule has 2 aromatic rings. The summed E-state index contributed by atoms with van der Waals surface area (Å²) in [5, 5.41) is 39.6. The van der Waals surface area contributed by atoms with Crippen LogP contribution < -0.4 is 19.5 Å². The monoisotopic (exact) mass is 766 g/mol. The Kier molecular flexibility index (Phi) is 8.03. The molecule has 7 rings (SSSR count). The number of cyclic esters (lactones) is 1. The molecule has 1 amide bonds. The van der Waals surface area contributed by atoms with Gasteiger partial charge < -0.3 is 39.6 Å². The first-order valence-electron chi connectivity index (χ1n) is 17.5. The van der Waals surface area contributed by atoms with Gasteiger partial charge in [0.2, 0.25) is 5.91 Å². The van der Waals surface area contributed by atoms with Crippen molar-refractivity contribution in [3.05, 3.63) is 39.4 Å². The number of hydrogen-bond acceptors (Lipinski definition) is 13. The van der Waals surface area contributed by atoms with Crippen LogP contribution in [0.25, 0.3) is 0 Å². The Labute approximate surface area is 327 Å². The molecule has 0 spiro atoms. The molecular weight excluding hydrogens is 690 g/mol. The maximum absolute atomic E-state index is 13.9. The molecule has 4 N–H and O–H groups in total. The predicted molar refractivity (Wildman–Crippen MR) is 220 cm³/mol. The molecule has 0 saturated carbocycles. The van der Waals surface area contributed by atoms with E-state index in [2.05, 4.69) is 24.1 Å². The Balaban J connectivity index is -0.000000518. The predicted octanol–water partition coefficient (Wildman–Crippen LogP) is 6.83. The maximum atomic E-state index is 13.9. The number of piperazine rings is 1. The quantitative estimate of drug-likeness (QED) is 0.189. The van der Waals surface area contributed by atoms with Gasteiger partial charge in [-0.1, -0.05) is 19.9 Å². The molecule has 3 saturated heterocycles. The molecule has 4 heterocycles. The number of ether oxygens (including phenoxy) is 4. The number of esters is 2. The van der Waals surface area contributed by atoms with E-state index in [1.807, 2.05) is 24.9 Å². The second-order valence-electron chi connectivity index (χ2n) is 16.1. The number of carbonyl (C=O) groups excluding carboxylic acids is 3. The van der Waals surface area contributed by atoms with Crippen molar-refractivity contribution in [2.24, 2.45) is 0 Å². The van der Waals surface area contributed by atoms with Gasteiger partial charge in [0.15, 0.2) is 23.0 Å². The number of benzene rings is 2. The Hall–Kier alpha value is -3.72. The second kappa shape index (κ2) is 11.4. The van der Waals surface area contributed by atoms with Crippen LogP contribution in [0.15, 0.2) is 6.07 Å². The molecule has 1 aliphatic carbocycles. The molecule has 13 nitrogen and oxygen atoms in total. The summed E-state index contributed by atoms with van der Waals surface area (Å²) in [5.74, 6) is -1.06. The largest absolute Gasteiger partial charge is 0.504 e. The SMILES string of the molecule is COc1c(C)cc2c(c1O)C1(C)C3[C@@H]4[C@@H]5SC[C@H](NC(C)=O)C(=O)OC(C)(C)[C@@H](c6c(O)c(OC)c(C)c(OC(C)=O)c65)N4C(C)(O)[C@@H](N3C)C21C.[HH].[HH].[HH].[HH].[HH].[HH].[HH].[HH].[HH].[HH].[HH].[HH].[HH]. The number of aliphatic hydroxyl groups is 1. The number of nitrogens with one attached hydrogen (secondary N) is 1. The molecule has 3 fully saturated rings. The lowest BCUT2D eigenvalue weighted by molar-refractivity contribution is -0.247. The summed E-state index contributed by atoms with van der Waals surface area (Å²) in [6, 6.07) is -1.58. The fourth-order valence-corrected chi connectivity index (χ4v) is 12.8. The average molecular weight is 766 g/mol. The summed E-state index contributed by atoms with van der Waals surface area (Å²) in [6.07, 6.45) is 0. The van der Waals surface area contributed by atoms with Crippen molar-refractivity contribution in [2.45, 2.75) is 120 Å². The minimum Gasteiger partial charge on any atom is -0.504 e. The van der Waals surface area contributed by atoms with Gasteiger partial charge in [-0.25, -0.2) is 4.79 Å². The van der Waals surface area contributed by atoms with E-state index in [0.717, 1.165) is 16.7 Å². The standard InChI is InChI=1S/C38H49N3O10S.13H2/c1-15-13-19-23(26(45)27(15)48-11)37(8)32-24-30-22-21(25(44)29(49-12)16(2)28(22)50-18(4)43)31(41(24)38(9,47)34(40(32)10)36(19,37)7)35(5,6)51-33(46)20(14-52-30)39-17(3)42;;;;;;;;;;;;;/h13,20,24,30-32,34,44-45,47H,14H2,1-12H3,(H,39,42);13*1H/t20-,24-,30+,31+,32?,34-,36?,37?,38?;;;;;;;;;;;;;/m0............./s1. The van der Waals surface area contributed by atoms with E-state index < -0.39 is 75.5 Å². The lowest BCUT2D eigenvalue weighted by Crippen LogP contribution is -2.76. The van der Waals surface area contributed by atoms with Crippen LogP contribution in [0.5, 0.6) is 28.7 Å². The van der Waals surface area contributed by atoms with Gasteiger partial charge in [0.05, 0.1) is 31.6 Å². The smallest absolute Gasteiger partial charge is 0.330 e. The van der Waals surface area contributed by atoms with Gasteiger partial charge in [-0.2, -0.15) is 0 Å². The first-order valence-corrected chi connectivity index (χ1v) is 18.6. The number of nitrogens with zero attached hydrogens (tertiary/aromatic N) is 2. The first-order chi connectivity index (χ1) is 24.1. The van der Waals surface area contributed by atoms with Gasteiger partial charge in [-0.3, -0.25) is 19.4 Å². The maximum Gasteiger partial charge on any atom is 0.330 e. The zero-order valence-electron chi connectivity index (χ0n) is 31.8. The highest BCUT2D eigenvalue weighted by molar-refractivity contribution is 7.99. The molecule has 308 valence electrons. The molecule has 2 aromatic carbocycles. The highest BCUT2D eigenvalue weighted by atomic mass is 32.2. The van der Waals surface area contributed by atoms with E-state index >= 15 is 0 Å². The summed E-state index contributed by atoms with van der Waals surface area (Å²) < 4.78 is 23.8. The highest BCUT2D eigenvalue weighted by Gasteiger charge is 2.82. The van der Waals surface area contributed by atoms with Gasteiger partial charge >= 0.3 is 11.9 Å². The summed E-state index contributed by atoms with van der Waals surface area (Å²) in [4.78, 5) is 43.3. The summed E-state index contributed by atoms with van der Waals surface area (Å²) >= 11 is 1.35. The number of hydrogen-bond donors (Lipinski definition) is 4. The molecule has 52 heavy (non-hydrogen) atoms. The van der Waals surface area contributed by atoms with Gasteiger partial charge in [0.1, 0.15) is 23.1 Å². The number of thioether (sulfide) groups is 1. The van der Waals surface area contributed by atoms with Gasteiger partial charge in [-0.05, 0) is 52.8 Å². The number of aryl methyl sites for hydroxylation is 1. The first kappa shape index (κ1) is 36.6. The van der Waals surface area contributed by atoms with E-state index in [1.165, 1.54) is 39.8 Å². The number of phenolic OH excluding ortho intramolecular Hbond substituents is 2. The number of phenols is 2. The number of methoxy groups -OCH3 is 2. The molecule has 5 aliphatic rings. The minimum absolute atomic E-state index is 0. The normalized spacial score (nSPS) is 35.6. The number of amides is 1. The van der Waals surface area contributed by atoms with E-state index in [-0.39, 0.29) is 47.3 Å². The van der Waals surface area contributed by atoms with E-state index in [4.69, 9.17) is 18.9 Å². The van der Waals surface area contributed by atoms with Crippen LogP contribution in [-0.4, -0.2) is 105 Å². The topological polar surface area (TPSA) is 167 Å². The van der Waals surface area contributed by atoms with E-state index in [9.17, 15) is 29.7 Å². The van der Waals surface area contributed by atoms with Crippen molar-refractivity contribution in [1.29, 1.82) is 0 Å². The average Bonchev–Trinajstić information content (AvgIpc) is 3.15. The molecule has 4 bridgehead atoms. The second-order valence-corrected chi connectivity index (χ2v) is 17.3. The van der Waals surface area contributed by atoms with Crippen LogP contribution in [0.1, 0.15) is 112 Å². The van der Waals surface area contributed by atoms with Crippen molar-refractivity contribution in [1.82, 2.24) is 15.1 Å². The summed E-state index contributed by atoms with van der Waals surface area (Å²) in [5.41, 5.74) is -0.961. The third-order valence-electron chi connectivity index (χ3n) is 12.9. The van der Waals surface area contributed by atoms with Crippen LogP contribution in [0.4, 0.5) is 0 Å². The molecule has 4 unspecified atom stereocenters.